The second kappa shape index (κ2) is 6.12. The Kier molecular flexibility index (Phi) is 5.08. The summed E-state index contributed by atoms with van der Waals surface area (Å²) in [7, 11) is 0. The maximum absolute atomic E-state index is 12.1. The highest BCUT2D eigenvalue weighted by atomic mass is 32.2. The summed E-state index contributed by atoms with van der Waals surface area (Å²) in [6.45, 7) is 2.46. The van der Waals surface area contributed by atoms with E-state index in [4.69, 9.17) is 5.73 Å². The van der Waals surface area contributed by atoms with Crippen LogP contribution in [0.5, 0.6) is 0 Å². The minimum Gasteiger partial charge on any atom is -0.327 e. The average Bonchev–Trinajstić information content (AvgIpc) is 2.26. The Balaban J connectivity index is 2.78. The van der Waals surface area contributed by atoms with Crippen molar-refractivity contribution in [3.05, 3.63) is 35.4 Å². The zero-order valence-electron chi connectivity index (χ0n) is 9.42. The molecular formula is C12H14F3NS. The van der Waals surface area contributed by atoms with Crippen molar-refractivity contribution in [3.63, 3.8) is 0 Å². The molecule has 0 unspecified atom stereocenters. The van der Waals surface area contributed by atoms with Crippen LogP contribution in [0.2, 0.25) is 0 Å². The molecule has 0 aliphatic rings. The summed E-state index contributed by atoms with van der Waals surface area (Å²) < 4.78 is 36.3. The predicted molar refractivity (Wildman–Crippen MR) is 65.7 cm³/mol. The molecule has 1 nitrogen and oxygen atoms in total. The van der Waals surface area contributed by atoms with Crippen LogP contribution in [0, 0.1) is 0 Å². The number of halogens is 3. The van der Waals surface area contributed by atoms with Crippen LogP contribution >= 0.6 is 11.8 Å². The highest BCUT2D eigenvalue weighted by Gasteiger charge is 2.28. The molecule has 0 saturated heterocycles. The molecule has 0 bridgehead atoms. The van der Waals surface area contributed by atoms with E-state index in [0.717, 1.165) is 17.6 Å². The summed E-state index contributed by atoms with van der Waals surface area (Å²) in [4.78, 5) is 0.195. The van der Waals surface area contributed by atoms with Gasteiger partial charge in [-0.3, -0.25) is 0 Å². The molecule has 1 rings (SSSR count). The quantitative estimate of drug-likeness (QED) is 0.827. The summed E-state index contributed by atoms with van der Waals surface area (Å²) >= 11 is -0.106. The van der Waals surface area contributed by atoms with E-state index < -0.39 is 5.51 Å². The van der Waals surface area contributed by atoms with Gasteiger partial charge in [-0.25, -0.2) is 0 Å². The molecule has 5 heteroatoms. The van der Waals surface area contributed by atoms with E-state index in [9.17, 15) is 13.2 Å². The Labute approximate surface area is 103 Å². The Morgan fingerprint density at radius 1 is 1.29 bits per heavy atom. The molecule has 0 saturated carbocycles. The molecule has 0 spiro atoms. The highest BCUT2D eigenvalue weighted by molar-refractivity contribution is 8.00. The summed E-state index contributed by atoms with van der Waals surface area (Å²) in [5.74, 6) is 0. The van der Waals surface area contributed by atoms with Gasteiger partial charge in [-0.05, 0) is 35.9 Å². The van der Waals surface area contributed by atoms with E-state index in [1.54, 1.807) is 12.1 Å². The van der Waals surface area contributed by atoms with Crippen molar-refractivity contribution in [2.45, 2.75) is 23.7 Å². The molecule has 94 valence electrons. The van der Waals surface area contributed by atoms with Gasteiger partial charge in [-0.1, -0.05) is 30.7 Å². The standard InChI is InChI=1S/C12H14F3NS/c1-2-9(8-16)7-10-3-5-11(6-4-10)17-12(13,14)15/h3-7H,2,8,16H2,1H3. The zero-order valence-corrected chi connectivity index (χ0v) is 10.2. The first kappa shape index (κ1) is 14.1. The van der Waals surface area contributed by atoms with Crippen molar-refractivity contribution in [1.29, 1.82) is 0 Å². The van der Waals surface area contributed by atoms with E-state index in [-0.39, 0.29) is 16.7 Å². The molecule has 0 radical (unpaired) electrons. The number of hydrogen-bond donors (Lipinski definition) is 1. The van der Waals surface area contributed by atoms with Crippen molar-refractivity contribution in [3.8, 4) is 0 Å². The van der Waals surface area contributed by atoms with Crippen LogP contribution in [0.1, 0.15) is 18.9 Å². The van der Waals surface area contributed by atoms with Crippen LogP contribution in [0.25, 0.3) is 6.08 Å². The number of rotatable bonds is 4. The molecule has 2 N–H and O–H groups in total. The molecule has 0 atom stereocenters. The lowest BCUT2D eigenvalue weighted by atomic mass is 10.1. The zero-order chi connectivity index (χ0) is 12.9. The largest absolute Gasteiger partial charge is 0.446 e. The summed E-state index contributed by atoms with van der Waals surface area (Å²) in [5.41, 5.74) is 3.23. The fraction of sp³-hybridized carbons (Fsp3) is 0.333. The molecule has 0 amide bonds. The summed E-state index contributed by atoms with van der Waals surface area (Å²) in [6.07, 6.45) is 2.75. The average molecular weight is 261 g/mol. The third kappa shape index (κ3) is 5.28. The van der Waals surface area contributed by atoms with Gasteiger partial charge in [0, 0.05) is 11.4 Å². The van der Waals surface area contributed by atoms with Crippen LogP contribution in [0.3, 0.4) is 0 Å². The first-order valence-electron chi connectivity index (χ1n) is 5.20. The van der Waals surface area contributed by atoms with Crippen molar-refractivity contribution in [1.82, 2.24) is 0 Å². The van der Waals surface area contributed by atoms with Gasteiger partial charge in [0.15, 0.2) is 0 Å². The molecule has 1 aromatic rings. The molecule has 17 heavy (non-hydrogen) atoms. The number of hydrogen-bond acceptors (Lipinski definition) is 2. The highest BCUT2D eigenvalue weighted by Crippen LogP contribution is 2.36. The van der Waals surface area contributed by atoms with Gasteiger partial charge in [0.25, 0.3) is 0 Å². The van der Waals surface area contributed by atoms with Crippen LogP contribution < -0.4 is 5.73 Å². The van der Waals surface area contributed by atoms with Crippen molar-refractivity contribution < 1.29 is 13.2 Å². The molecule has 1 aromatic carbocycles. The molecule has 0 fully saturated rings. The van der Waals surface area contributed by atoms with E-state index in [1.807, 2.05) is 13.0 Å². The number of nitrogens with two attached hydrogens (primary N) is 1. The third-order valence-corrected chi connectivity index (χ3v) is 2.94. The minimum absolute atomic E-state index is 0.106. The fourth-order valence-corrected chi connectivity index (χ4v) is 1.85. The topological polar surface area (TPSA) is 26.0 Å². The molecule has 0 aromatic heterocycles. The Hall–Kier alpha value is -0.940. The lowest BCUT2D eigenvalue weighted by Crippen LogP contribution is -2.01. The van der Waals surface area contributed by atoms with E-state index in [0.29, 0.717) is 6.54 Å². The van der Waals surface area contributed by atoms with Crippen LogP contribution in [0.4, 0.5) is 13.2 Å². The second-order valence-electron chi connectivity index (χ2n) is 3.48. The van der Waals surface area contributed by atoms with E-state index in [2.05, 4.69) is 0 Å². The Morgan fingerprint density at radius 2 is 1.88 bits per heavy atom. The van der Waals surface area contributed by atoms with Crippen LogP contribution in [-0.4, -0.2) is 12.1 Å². The summed E-state index contributed by atoms with van der Waals surface area (Å²) in [6, 6.07) is 6.26. The minimum atomic E-state index is -4.23. The van der Waals surface area contributed by atoms with Crippen LogP contribution in [0.15, 0.2) is 34.7 Å². The first-order valence-corrected chi connectivity index (χ1v) is 6.01. The Morgan fingerprint density at radius 3 is 2.29 bits per heavy atom. The maximum atomic E-state index is 12.1. The lowest BCUT2D eigenvalue weighted by Gasteiger charge is -2.06. The fourth-order valence-electron chi connectivity index (χ4n) is 1.31. The predicted octanol–water partition coefficient (Wildman–Crippen LogP) is 4.05. The molecule has 0 heterocycles. The number of benzene rings is 1. The van der Waals surface area contributed by atoms with Gasteiger partial charge in [0.05, 0.1) is 0 Å². The van der Waals surface area contributed by atoms with E-state index >= 15 is 0 Å². The van der Waals surface area contributed by atoms with Gasteiger partial charge in [-0.2, -0.15) is 13.2 Å². The van der Waals surface area contributed by atoms with Gasteiger partial charge in [0.1, 0.15) is 0 Å². The van der Waals surface area contributed by atoms with Crippen molar-refractivity contribution in [2.75, 3.05) is 6.54 Å². The third-order valence-electron chi connectivity index (χ3n) is 2.20. The summed E-state index contributed by atoms with van der Waals surface area (Å²) in [5, 5.41) is 0. The van der Waals surface area contributed by atoms with Crippen molar-refractivity contribution >= 4 is 17.8 Å². The molecule has 0 aliphatic heterocycles. The Bertz CT molecular complexity index is 376. The van der Waals surface area contributed by atoms with Gasteiger partial charge < -0.3 is 5.73 Å². The molecule has 0 aliphatic carbocycles. The monoisotopic (exact) mass is 261 g/mol. The normalized spacial score (nSPS) is 12.9. The van der Waals surface area contributed by atoms with E-state index in [1.165, 1.54) is 12.1 Å². The second-order valence-corrected chi connectivity index (χ2v) is 4.62. The SMILES string of the molecule is CCC(=Cc1ccc(SC(F)(F)F)cc1)CN. The molecular weight excluding hydrogens is 247 g/mol. The number of thioether (sulfide) groups is 1. The van der Waals surface area contributed by atoms with Crippen LogP contribution in [-0.2, 0) is 0 Å². The van der Waals surface area contributed by atoms with Gasteiger partial charge >= 0.3 is 5.51 Å². The maximum Gasteiger partial charge on any atom is 0.446 e. The first-order chi connectivity index (χ1) is 7.94. The lowest BCUT2D eigenvalue weighted by molar-refractivity contribution is -0.0328. The van der Waals surface area contributed by atoms with Gasteiger partial charge in [-0.15, -0.1) is 0 Å². The number of alkyl halides is 3. The smallest absolute Gasteiger partial charge is 0.327 e. The van der Waals surface area contributed by atoms with Crippen molar-refractivity contribution in [2.24, 2.45) is 5.73 Å². The van der Waals surface area contributed by atoms with Gasteiger partial charge in [0.2, 0.25) is 0 Å².